The summed E-state index contributed by atoms with van der Waals surface area (Å²) in [4.78, 5) is 39.3. The topological polar surface area (TPSA) is 99.5 Å². The molecule has 0 atom stereocenters. The molecule has 6 aromatic heterocycles. The first kappa shape index (κ1) is 58.9. The third kappa shape index (κ3) is 9.73. The van der Waals surface area contributed by atoms with Crippen molar-refractivity contribution in [3.05, 3.63) is 345 Å². The number of pyridine rings is 4. The van der Waals surface area contributed by atoms with Gasteiger partial charge in [-0.3, -0.25) is 9.97 Å². The number of rotatable bonds is 7. The van der Waals surface area contributed by atoms with Gasteiger partial charge in [0.1, 0.15) is 0 Å². The fourth-order valence-electron chi connectivity index (χ4n) is 15.7. The third-order valence-electron chi connectivity index (χ3n) is 20.3. The predicted molar refractivity (Wildman–Crippen MR) is 426 cm³/mol. The largest absolute Gasteiger partial charge is 0.309 e. The molecule has 21 rings (SSSR count). The lowest BCUT2D eigenvalue weighted by atomic mass is 9.90. The summed E-state index contributed by atoms with van der Waals surface area (Å²) in [5, 5.41) is 20.3. The number of nitrogens with zero attached hydrogens (tertiary/aromatic N) is 9. The van der Waals surface area contributed by atoms with Crippen LogP contribution >= 0.6 is 0 Å². The highest BCUT2D eigenvalue weighted by atomic mass is 15.0. The molecule has 9 heteroatoms. The number of hydrogen-bond donors (Lipinski definition) is 0. The molecule has 15 aromatic carbocycles. The Hall–Kier alpha value is -14.2. The summed E-state index contributed by atoms with van der Waals surface area (Å²) < 4.78 is 2.29. The number of para-hydroxylation sites is 3. The number of fused-ring (bicyclic) bond motifs is 19. The van der Waals surface area contributed by atoms with Gasteiger partial charge in [0.05, 0.1) is 51.1 Å². The van der Waals surface area contributed by atoms with Crippen LogP contribution in [0.25, 0.3) is 208 Å². The summed E-state index contributed by atoms with van der Waals surface area (Å²) >= 11 is 0. The first-order valence-corrected chi connectivity index (χ1v) is 34.5. The summed E-state index contributed by atoms with van der Waals surface area (Å²) in [7, 11) is 0. The van der Waals surface area contributed by atoms with Gasteiger partial charge >= 0.3 is 0 Å². The zero-order valence-electron chi connectivity index (χ0n) is 55.3. The molecule has 0 unspecified atom stereocenters. The van der Waals surface area contributed by atoms with Crippen LogP contribution in [0.2, 0.25) is 0 Å². The van der Waals surface area contributed by atoms with Crippen molar-refractivity contribution in [1.82, 2.24) is 39.5 Å². The zero-order chi connectivity index (χ0) is 68.1. The van der Waals surface area contributed by atoms with E-state index in [1.165, 1.54) is 10.8 Å². The number of benzene rings is 15. The monoisotopic (exact) mass is 1310 g/mol. The zero-order valence-corrected chi connectivity index (χ0v) is 55.3. The minimum Gasteiger partial charge on any atom is -0.309 e. The predicted octanol–water partition coefficient (Wildman–Crippen LogP) is 24.3. The maximum atomic E-state index is 7.74. The maximum Gasteiger partial charge on any atom is 0.188 e. The molecule has 9 nitrogen and oxygen atoms in total. The maximum absolute atomic E-state index is 7.74. The second kappa shape index (κ2) is 24.1. The van der Waals surface area contributed by atoms with Crippen molar-refractivity contribution in [2.24, 2.45) is 0 Å². The molecule has 0 amide bonds. The highest BCUT2D eigenvalue weighted by Gasteiger charge is 2.23. The second-order valence-electron chi connectivity index (χ2n) is 26.1. The molecule has 476 valence electrons. The van der Waals surface area contributed by atoms with E-state index in [9.17, 15) is 0 Å². The van der Waals surface area contributed by atoms with Crippen LogP contribution in [0.5, 0.6) is 0 Å². The van der Waals surface area contributed by atoms with Crippen LogP contribution in [-0.4, -0.2) is 39.5 Å². The fourth-order valence-corrected chi connectivity index (χ4v) is 15.7. The van der Waals surface area contributed by atoms with Crippen molar-refractivity contribution in [2.75, 3.05) is 0 Å². The van der Waals surface area contributed by atoms with Crippen LogP contribution in [0.4, 0.5) is 5.69 Å². The van der Waals surface area contributed by atoms with E-state index in [4.69, 9.17) is 41.5 Å². The average Bonchev–Trinajstić information content (AvgIpc) is 0.940. The molecule has 0 saturated heterocycles. The molecular weight excluding hydrogens is 1260 g/mol. The van der Waals surface area contributed by atoms with E-state index in [2.05, 4.69) is 240 Å². The molecule has 0 aliphatic carbocycles. The van der Waals surface area contributed by atoms with E-state index in [-0.39, 0.29) is 0 Å². The summed E-state index contributed by atoms with van der Waals surface area (Å²) in [6.07, 6.45) is 3.77. The van der Waals surface area contributed by atoms with Gasteiger partial charge in [-0.25, -0.2) is 29.8 Å². The molecule has 0 aliphatic rings. The van der Waals surface area contributed by atoms with E-state index in [1.54, 1.807) is 0 Å². The Morgan fingerprint density at radius 3 is 1.21 bits per heavy atom. The van der Waals surface area contributed by atoms with Gasteiger partial charge in [0.25, 0.3) is 0 Å². The molecule has 103 heavy (non-hydrogen) atoms. The van der Waals surface area contributed by atoms with Crippen molar-refractivity contribution >= 4 is 136 Å². The van der Waals surface area contributed by atoms with E-state index in [1.807, 2.05) is 103 Å². The van der Waals surface area contributed by atoms with E-state index >= 15 is 0 Å². The SMILES string of the molecule is [C-]#[N+]c1ccc2c(c1)c1cc(-c3ccc(-c4nc5ccccc5c5c4ccc4ccc6cccnc6c45)c4ccccc34)ccc1n2-c1ccccc1.c1ccc(-c2nc(-c3ccccc3)nc(-c3ccc(-c4nc5ccccc5c5c4ccc4ccc6cccnc6c45)c4ccccc34)n2)cc1. The van der Waals surface area contributed by atoms with Gasteiger partial charge in [-0.05, 0) is 116 Å². The third-order valence-corrected chi connectivity index (χ3v) is 20.3. The Bertz CT molecular complexity index is 7070. The first-order valence-electron chi connectivity index (χ1n) is 34.5. The van der Waals surface area contributed by atoms with Gasteiger partial charge in [0.15, 0.2) is 23.2 Å². The number of aromatic nitrogens is 8. The lowest BCUT2D eigenvalue weighted by Crippen LogP contribution is -2.01. The molecule has 0 spiro atoms. The highest BCUT2D eigenvalue weighted by molar-refractivity contribution is 6.31. The lowest BCUT2D eigenvalue weighted by Gasteiger charge is -2.16. The van der Waals surface area contributed by atoms with Gasteiger partial charge in [-0.2, -0.15) is 0 Å². The van der Waals surface area contributed by atoms with Crippen molar-refractivity contribution < 1.29 is 0 Å². The van der Waals surface area contributed by atoms with Crippen LogP contribution in [0, 0.1) is 6.57 Å². The van der Waals surface area contributed by atoms with Crippen molar-refractivity contribution in [3.63, 3.8) is 0 Å². The van der Waals surface area contributed by atoms with Crippen molar-refractivity contribution in [2.45, 2.75) is 0 Å². The summed E-state index contributed by atoms with van der Waals surface area (Å²) in [5.41, 5.74) is 17.0. The van der Waals surface area contributed by atoms with Gasteiger partial charge in [0.2, 0.25) is 0 Å². The van der Waals surface area contributed by atoms with Crippen LogP contribution in [0.3, 0.4) is 0 Å². The van der Waals surface area contributed by atoms with Gasteiger partial charge in [-0.1, -0.05) is 255 Å². The summed E-state index contributed by atoms with van der Waals surface area (Å²) in [6, 6.07) is 112. The van der Waals surface area contributed by atoms with Crippen LogP contribution in [0.1, 0.15) is 0 Å². The van der Waals surface area contributed by atoms with E-state index < -0.39 is 0 Å². The Balaban J connectivity index is 0.000000138. The van der Waals surface area contributed by atoms with Crippen molar-refractivity contribution in [1.29, 1.82) is 0 Å². The molecule has 0 radical (unpaired) electrons. The normalized spacial score (nSPS) is 11.7. The fraction of sp³-hybridized carbons (Fsp3) is 0. The van der Waals surface area contributed by atoms with Crippen molar-refractivity contribution in [3.8, 4) is 73.5 Å². The van der Waals surface area contributed by atoms with Crippen LogP contribution < -0.4 is 0 Å². The molecule has 0 aliphatic heterocycles. The summed E-state index contributed by atoms with van der Waals surface area (Å²) in [5.74, 6) is 1.90. The quantitative estimate of drug-likeness (QED) is 0.116. The highest BCUT2D eigenvalue weighted by Crippen LogP contribution is 2.47. The Morgan fingerprint density at radius 2 is 0.680 bits per heavy atom. The number of hydrogen-bond acceptors (Lipinski definition) is 7. The van der Waals surface area contributed by atoms with E-state index in [0.29, 0.717) is 23.2 Å². The molecule has 0 saturated carbocycles. The second-order valence-corrected chi connectivity index (χ2v) is 26.1. The molecule has 0 bridgehead atoms. The minimum absolute atomic E-state index is 0.625. The van der Waals surface area contributed by atoms with Gasteiger partial charge < -0.3 is 4.57 Å². The standard InChI is InChI=1S/C49H28N4.C45H27N5/c1-50-33-21-26-45-42(29-33)41-28-32(20-25-44(41)53(45)34-11-3-2-4-12-34)35-23-24-38(37-14-6-5-13-36(35)37)49-40-22-19-30-17-18-31-10-9-27-51-48(31)46(30)47(40)39-15-7-8-16-43(39)52-49;1-3-12-30(13-4-1)43-48-44(31-14-5-2-6-15-31)50-45(49-43)35-26-25-34(32-17-7-8-18-33(32)35)42-37-24-23-28-21-22-29-16-11-27-46-41(29)39(28)40(37)36-19-9-10-20-38(36)47-42/h2-29H;1-27H. The average molecular weight is 1310 g/mol. The molecular formula is C94H55N9. The molecule has 21 aromatic rings. The first-order chi connectivity index (χ1) is 51.0. The summed E-state index contributed by atoms with van der Waals surface area (Å²) in [6.45, 7) is 7.74. The van der Waals surface area contributed by atoms with Crippen LogP contribution in [0.15, 0.2) is 334 Å². The van der Waals surface area contributed by atoms with Gasteiger partial charge in [-0.15, -0.1) is 0 Å². The molecule has 0 fully saturated rings. The Morgan fingerprint density at radius 1 is 0.262 bits per heavy atom. The molecule has 6 heterocycles. The van der Waals surface area contributed by atoms with E-state index in [0.717, 1.165) is 175 Å². The molecule has 0 N–H and O–H groups in total. The smallest absolute Gasteiger partial charge is 0.188 e. The van der Waals surface area contributed by atoms with Crippen LogP contribution in [-0.2, 0) is 0 Å². The Kier molecular flexibility index (Phi) is 13.8. The lowest BCUT2D eigenvalue weighted by molar-refractivity contribution is 1.08. The minimum atomic E-state index is 0.625. The Labute approximate surface area is 590 Å². The van der Waals surface area contributed by atoms with Gasteiger partial charge in [0, 0.05) is 105 Å².